The molecule has 0 radical (unpaired) electrons. The zero-order valence-corrected chi connectivity index (χ0v) is 8.71. The third kappa shape index (κ3) is 9.61. The van der Waals surface area contributed by atoms with Gasteiger partial charge in [-0.3, -0.25) is 0 Å². The first-order chi connectivity index (χ1) is 5.77. The van der Waals surface area contributed by atoms with Crippen LogP contribution >= 0.6 is 11.8 Å². The van der Waals surface area contributed by atoms with Gasteiger partial charge in [-0.2, -0.15) is 0 Å². The van der Waals surface area contributed by atoms with Crippen molar-refractivity contribution in [3.63, 3.8) is 0 Å². The molecule has 2 heteroatoms. The fourth-order valence-electron chi connectivity index (χ4n) is 0.654. The Hall–Kier alpha value is -0.390. The predicted octanol–water partition coefficient (Wildman–Crippen LogP) is 1.91. The Kier molecular flexibility index (Phi) is 8.42. The molecule has 0 aromatic carbocycles. The molecule has 0 aromatic rings. The first kappa shape index (κ1) is 11.6. The van der Waals surface area contributed by atoms with Gasteiger partial charge in [0.1, 0.15) is 0 Å². The summed E-state index contributed by atoms with van der Waals surface area (Å²) >= 11 is 1.79. The van der Waals surface area contributed by atoms with Crippen molar-refractivity contribution < 1.29 is 0 Å². The van der Waals surface area contributed by atoms with E-state index in [0.29, 0.717) is 0 Å². The molecule has 0 bridgehead atoms. The van der Waals surface area contributed by atoms with E-state index in [9.17, 15) is 0 Å². The van der Waals surface area contributed by atoms with Crippen molar-refractivity contribution in [2.24, 2.45) is 0 Å². The second-order valence-electron chi connectivity index (χ2n) is 2.74. The summed E-state index contributed by atoms with van der Waals surface area (Å²) in [4.78, 5) is 0. The Morgan fingerprint density at radius 2 is 2.33 bits per heavy atom. The van der Waals surface area contributed by atoms with Gasteiger partial charge in [-0.25, -0.2) is 0 Å². The second-order valence-corrected chi connectivity index (χ2v) is 3.85. The molecule has 0 rings (SSSR count). The van der Waals surface area contributed by atoms with Gasteiger partial charge in [0, 0.05) is 18.8 Å². The van der Waals surface area contributed by atoms with Crippen molar-refractivity contribution in [2.45, 2.75) is 13.8 Å². The Bertz CT molecular complexity index is 163. The fraction of sp³-hybridized carbons (Fsp3) is 0.600. The minimum Gasteiger partial charge on any atom is -0.312 e. The van der Waals surface area contributed by atoms with E-state index in [1.165, 1.54) is 5.57 Å². The maximum Gasteiger partial charge on any atom is 0.0545 e. The average molecular weight is 183 g/mol. The Labute approximate surface area is 80.0 Å². The molecule has 0 amide bonds. The van der Waals surface area contributed by atoms with Crippen LogP contribution in [0.25, 0.3) is 0 Å². The molecule has 0 heterocycles. The lowest BCUT2D eigenvalue weighted by Gasteiger charge is -1.99. The van der Waals surface area contributed by atoms with Crippen molar-refractivity contribution in [1.82, 2.24) is 5.32 Å². The first-order valence-electron chi connectivity index (χ1n) is 4.12. The van der Waals surface area contributed by atoms with Gasteiger partial charge in [0.2, 0.25) is 0 Å². The summed E-state index contributed by atoms with van der Waals surface area (Å²) in [5.41, 5.74) is 1.36. The van der Waals surface area contributed by atoms with E-state index in [0.717, 1.165) is 24.6 Å². The van der Waals surface area contributed by atoms with Crippen LogP contribution in [0.4, 0.5) is 0 Å². The summed E-state index contributed by atoms with van der Waals surface area (Å²) in [6, 6.07) is 0. The molecule has 1 N–H and O–H groups in total. The van der Waals surface area contributed by atoms with E-state index in [1.54, 1.807) is 11.8 Å². The third-order valence-electron chi connectivity index (χ3n) is 1.26. The smallest absolute Gasteiger partial charge is 0.0545 e. The quantitative estimate of drug-likeness (QED) is 0.383. The maximum atomic E-state index is 5.11. The van der Waals surface area contributed by atoms with Gasteiger partial charge in [-0.15, -0.1) is 18.2 Å². The van der Waals surface area contributed by atoms with Crippen LogP contribution in [-0.2, 0) is 0 Å². The highest BCUT2D eigenvalue weighted by molar-refractivity contribution is 7.99. The van der Waals surface area contributed by atoms with E-state index in [2.05, 4.69) is 31.2 Å². The van der Waals surface area contributed by atoms with Gasteiger partial charge in [-0.05, 0) is 13.8 Å². The van der Waals surface area contributed by atoms with Gasteiger partial charge in [0.25, 0.3) is 0 Å². The van der Waals surface area contributed by atoms with Crippen molar-refractivity contribution in [3.8, 4) is 12.3 Å². The third-order valence-corrected chi connectivity index (χ3v) is 2.13. The lowest BCUT2D eigenvalue weighted by atomic mass is 10.3. The van der Waals surface area contributed by atoms with E-state index in [1.807, 2.05) is 0 Å². The summed E-state index contributed by atoms with van der Waals surface area (Å²) in [6.07, 6.45) is 7.29. The van der Waals surface area contributed by atoms with Crippen LogP contribution < -0.4 is 5.32 Å². The Balaban J connectivity index is 3.02. The minimum atomic E-state index is 0.824. The Morgan fingerprint density at radius 3 is 2.92 bits per heavy atom. The van der Waals surface area contributed by atoms with Crippen molar-refractivity contribution >= 4 is 11.8 Å². The summed E-state index contributed by atoms with van der Waals surface area (Å²) in [5.74, 6) is 4.52. The molecule has 0 spiro atoms. The summed E-state index contributed by atoms with van der Waals surface area (Å²) in [6.45, 7) is 6.22. The molecule has 0 aromatic heterocycles. The highest BCUT2D eigenvalue weighted by Crippen LogP contribution is 1.95. The first-order valence-corrected chi connectivity index (χ1v) is 5.28. The molecule has 12 heavy (non-hydrogen) atoms. The molecule has 0 fully saturated rings. The predicted molar refractivity (Wildman–Crippen MR) is 58.5 cm³/mol. The second kappa shape index (κ2) is 8.70. The lowest BCUT2D eigenvalue weighted by Crippen LogP contribution is -2.17. The summed E-state index contributed by atoms with van der Waals surface area (Å²) in [7, 11) is 0. The highest BCUT2D eigenvalue weighted by atomic mass is 32.2. The van der Waals surface area contributed by atoms with Crippen LogP contribution in [0.5, 0.6) is 0 Å². The molecule has 68 valence electrons. The van der Waals surface area contributed by atoms with Gasteiger partial charge in [0.05, 0.1) is 5.75 Å². The molecule has 0 aliphatic carbocycles. The minimum absolute atomic E-state index is 0.824. The Morgan fingerprint density at radius 1 is 1.58 bits per heavy atom. The fourth-order valence-corrected chi connectivity index (χ4v) is 1.20. The number of hydrogen-bond acceptors (Lipinski definition) is 2. The SMILES string of the molecule is C#CCSCCNCC=C(C)C. The molecule has 0 saturated heterocycles. The van der Waals surface area contributed by atoms with Crippen LogP contribution in [0.15, 0.2) is 11.6 Å². The highest BCUT2D eigenvalue weighted by Gasteiger charge is 1.85. The number of thioether (sulfide) groups is 1. The molecular weight excluding hydrogens is 166 g/mol. The van der Waals surface area contributed by atoms with Crippen molar-refractivity contribution in [3.05, 3.63) is 11.6 Å². The van der Waals surface area contributed by atoms with E-state index >= 15 is 0 Å². The normalized spacial score (nSPS) is 9.08. The standard InChI is InChI=1S/C10H17NS/c1-4-8-12-9-7-11-6-5-10(2)3/h1,5,11H,6-9H2,2-3H3. The maximum absolute atomic E-state index is 5.11. The zero-order valence-electron chi connectivity index (χ0n) is 7.89. The van der Waals surface area contributed by atoms with Crippen LogP contribution in [-0.4, -0.2) is 24.6 Å². The van der Waals surface area contributed by atoms with Crippen LogP contribution in [0.1, 0.15) is 13.8 Å². The lowest BCUT2D eigenvalue weighted by molar-refractivity contribution is 0.803. The summed E-state index contributed by atoms with van der Waals surface area (Å²) in [5, 5.41) is 3.31. The monoisotopic (exact) mass is 183 g/mol. The molecule has 1 nitrogen and oxygen atoms in total. The van der Waals surface area contributed by atoms with E-state index in [4.69, 9.17) is 6.42 Å². The van der Waals surface area contributed by atoms with E-state index in [-0.39, 0.29) is 0 Å². The van der Waals surface area contributed by atoms with Crippen LogP contribution in [0, 0.1) is 12.3 Å². The molecule has 0 unspecified atom stereocenters. The van der Waals surface area contributed by atoms with Crippen molar-refractivity contribution in [2.75, 3.05) is 24.6 Å². The van der Waals surface area contributed by atoms with Gasteiger partial charge < -0.3 is 5.32 Å². The van der Waals surface area contributed by atoms with Gasteiger partial charge >= 0.3 is 0 Å². The average Bonchev–Trinajstić information content (AvgIpc) is 2.02. The number of terminal acetylenes is 1. The number of hydrogen-bond donors (Lipinski definition) is 1. The van der Waals surface area contributed by atoms with E-state index < -0.39 is 0 Å². The zero-order chi connectivity index (χ0) is 9.23. The van der Waals surface area contributed by atoms with Crippen LogP contribution in [0.3, 0.4) is 0 Å². The molecule has 0 saturated carbocycles. The molecule has 0 aliphatic heterocycles. The molecule has 0 atom stereocenters. The number of rotatable bonds is 6. The van der Waals surface area contributed by atoms with Crippen LogP contribution in [0.2, 0.25) is 0 Å². The number of nitrogens with one attached hydrogen (secondary N) is 1. The van der Waals surface area contributed by atoms with Gasteiger partial charge in [-0.1, -0.05) is 17.6 Å². The topological polar surface area (TPSA) is 12.0 Å². The van der Waals surface area contributed by atoms with Crippen molar-refractivity contribution in [1.29, 1.82) is 0 Å². The number of allylic oxidation sites excluding steroid dienone is 1. The molecular formula is C10H17NS. The van der Waals surface area contributed by atoms with Gasteiger partial charge in [0.15, 0.2) is 0 Å². The largest absolute Gasteiger partial charge is 0.312 e. The molecule has 0 aliphatic rings. The summed E-state index contributed by atoms with van der Waals surface area (Å²) < 4.78 is 0.